The average molecular weight is 896 g/mol. The number of methoxy groups -OCH3 is 2. The van der Waals surface area contributed by atoms with Crippen molar-refractivity contribution in [1.29, 1.82) is 0 Å². The summed E-state index contributed by atoms with van der Waals surface area (Å²) in [4.78, 5) is 60.1. The van der Waals surface area contributed by atoms with Crippen molar-refractivity contribution in [1.82, 2.24) is 10.2 Å². The van der Waals surface area contributed by atoms with E-state index in [-0.39, 0.29) is 34.9 Å². The monoisotopic (exact) mass is 894 g/mol. The van der Waals surface area contributed by atoms with Crippen LogP contribution in [0.4, 0.5) is 10.5 Å². The van der Waals surface area contributed by atoms with Gasteiger partial charge in [-0.2, -0.15) is 0 Å². The molecule has 4 bridgehead atoms. The van der Waals surface area contributed by atoms with E-state index in [1.54, 1.807) is 80.7 Å². The standard InChI is InChI=1S/C41H59ClN6O10S2/c1-24-13-11-14-31(55-10)41(53)23-30(56-38(52)45-41)25(2)36-40(6,58-36)32(22-34(50)48(8)28-20-27(19-24)21-29(54-9)35(28)42)57-37(51)26(3)47(7)33(49)15-16-39(4,5)60-59-18-12-17-44-46-43/h11,13-14,20-21,25-26,30-32,36,53H,12,15-19,22-23H2,1-10H3,(H,45,52)/b14-11+,24-13+/t25-,26+,30+,31-,32+,36+,40+,41+/m1/s1. The highest BCUT2D eigenvalue weighted by molar-refractivity contribution is 8.77. The van der Waals surface area contributed by atoms with Crippen molar-refractivity contribution >= 4 is 62.8 Å². The molecule has 16 nitrogen and oxygen atoms in total. The second-order valence-electron chi connectivity index (χ2n) is 16.4. The first-order chi connectivity index (χ1) is 28.2. The number of carbonyl (C=O) groups is 4. The van der Waals surface area contributed by atoms with Crippen LogP contribution in [0.3, 0.4) is 0 Å². The SMILES string of the molecule is COc1cc2cc(c1Cl)N(C)C(=O)C[C@H](OC(=O)[C@H](C)N(C)C(=O)CCC(C)(C)SSCCCN=[N+]=[N-])[C@]1(C)O[C@H]1[C@H](C)[C@@H]1C[C@@](O)(NC(=O)O1)[C@H](OC)/C=C/C=C(\C)C2. The van der Waals surface area contributed by atoms with Gasteiger partial charge in [0.25, 0.3) is 0 Å². The quantitative estimate of drug-likeness (QED) is 0.0363. The zero-order valence-corrected chi connectivity index (χ0v) is 38.4. The number of hydrogen-bond donors (Lipinski definition) is 2. The molecular formula is C41H59ClN6O10S2. The third-order valence-corrected chi connectivity index (χ3v) is 15.1. The number of aliphatic hydroxyl groups is 1. The number of fused-ring (bicyclic) bond motifs is 5. The van der Waals surface area contributed by atoms with Crippen molar-refractivity contribution in [2.75, 3.05) is 45.5 Å². The van der Waals surface area contributed by atoms with Crippen LogP contribution in [0.15, 0.2) is 41.0 Å². The number of nitrogens with zero attached hydrogens (tertiary/aromatic N) is 5. The lowest BCUT2D eigenvalue weighted by molar-refractivity contribution is -0.162. The number of carbonyl (C=O) groups excluding carboxylic acids is 4. The number of likely N-dealkylation sites (N-methyl/N-ethyl adjacent to an activating group) is 1. The maximum atomic E-state index is 14.3. The van der Waals surface area contributed by atoms with E-state index in [1.165, 1.54) is 24.0 Å². The lowest BCUT2D eigenvalue weighted by atomic mass is 9.83. The molecule has 60 heavy (non-hydrogen) atoms. The predicted molar refractivity (Wildman–Crippen MR) is 233 cm³/mol. The van der Waals surface area contributed by atoms with Crippen molar-refractivity contribution in [2.24, 2.45) is 11.0 Å². The Hall–Kier alpha value is -3.64. The molecule has 8 atom stereocenters. The van der Waals surface area contributed by atoms with E-state index in [4.69, 9.17) is 40.8 Å². The third kappa shape index (κ3) is 12.3. The molecule has 2 N–H and O–H groups in total. The second kappa shape index (κ2) is 21.0. The lowest BCUT2D eigenvalue weighted by Gasteiger charge is -2.42. The van der Waals surface area contributed by atoms with Gasteiger partial charge in [-0.15, -0.1) is 0 Å². The molecule has 4 rings (SSSR count). The van der Waals surface area contributed by atoms with Crippen LogP contribution in [0, 0.1) is 5.92 Å². The fourth-order valence-electron chi connectivity index (χ4n) is 7.28. The highest BCUT2D eigenvalue weighted by Gasteiger charge is 2.64. The molecule has 3 aliphatic rings. The number of rotatable bonds is 14. The van der Waals surface area contributed by atoms with Crippen molar-refractivity contribution in [2.45, 2.75) is 127 Å². The number of anilines is 1. The summed E-state index contributed by atoms with van der Waals surface area (Å²) in [6.07, 6.45) is 2.29. The van der Waals surface area contributed by atoms with Crippen LogP contribution in [0.2, 0.25) is 5.02 Å². The number of allylic oxidation sites excluding steroid dienone is 3. The topological polar surface area (TPSA) is 205 Å². The van der Waals surface area contributed by atoms with Gasteiger partial charge in [-0.25, -0.2) is 9.59 Å². The fraction of sp³-hybridized carbons (Fsp3) is 0.659. The molecule has 3 aliphatic heterocycles. The van der Waals surface area contributed by atoms with Gasteiger partial charge in [-0.3, -0.25) is 14.9 Å². The molecule has 0 aliphatic carbocycles. The van der Waals surface area contributed by atoms with Crippen molar-refractivity contribution < 1.29 is 48.0 Å². The third-order valence-electron chi connectivity index (χ3n) is 11.3. The largest absolute Gasteiger partial charge is 0.495 e. The smallest absolute Gasteiger partial charge is 0.409 e. The van der Waals surface area contributed by atoms with Crippen molar-refractivity contribution in [3.8, 4) is 5.75 Å². The summed E-state index contributed by atoms with van der Waals surface area (Å²) >= 11 is 6.80. The molecule has 2 fully saturated rings. The molecule has 19 heteroatoms. The first-order valence-electron chi connectivity index (χ1n) is 19.9. The van der Waals surface area contributed by atoms with E-state index in [1.807, 2.05) is 26.8 Å². The van der Waals surface area contributed by atoms with Gasteiger partial charge in [-0.05, 0) is 77.1 Å². The molecule has 1 aromatic carbocycles. The average Bonchev–Trinajstić information content (AvgIpc) is 3.90. The van der Waals surface area contributed by atoms with Gasteiger partial charge < -0.3 is 38.6 Å². The minimum atomic E-state index is -1.84. The lowest BCUT2D eigenvalue weighted by Crippen LogP contribution is -2.63. The number of epoxide rings is 1. The summed E-state index contributed by atoms with van der Waals surface area (Å²) in [5.74, 6) is -0.817. The summed E-state index contributed by atoms with van der Waals surface area (Å²) in [5, 5.41) is 18.1. The Morgan fingerprint density at radius 1 is 1.28 bits per heavy atom. The van der Waals surface area contributed by atoms with E-state index in [9.17, 15) is 24.3 Å². The van der Waals surface area contributed by atoms with Gasteiger partial charge in [0.1, 0.15) is 40.7 Å². The van der Waals surface area contributed by atoms with Crippen LogP contribution in [0.1, 0.15) is 79.2 Å². The van der Waals surface area contributed by atoms with Crippen LogP contribution in [-0.4, -0.2) is 121 Å². The van der Waals surface area contributed by atoms with E-state index < -0.39 is 65.7 Å². The summed E-state index contributed by atoms with van der Waals surface area (Å²) in [5.41, 5.74) is 7.49. The van der Waals surface area contributed by atoms with E-state index in [0.29, 0.717) is 30.8 Å². The van der Waals surface area contributed by atoms with Crippen LogP contribution in [0.25, 0.3) is 10.4 Å². The van der Waals surface area contributed by atoms with Crippen molar-refractivity contribution in [3.05, 3.63) is 57.0 Å². The molecule has 1 aromatic rings. The number of halogens is 1. The van der Waals surface area contributed by atoms with E-state index in [2.05, 4.69) is 15.3 Å². The first-order valence-corrected chi connectivity index (χ1v) is 22.6. The Kier molecular flexibility index (Phi) is 17.1. The van der Waals surface area contributed by atoms with E-state index >= 15 is 0 Å². The van der Waals surface area contributed by atoms with Crippen LogP contribution in [0.5, 0.6) is 5.75 Å². The fourth-order valence-corrected chi connectivity index (χ4v) is 10.2. The number of esters is 1. The summed E-state index contributed by atoms with van der Waals surface area (Å²) in [6, 6.07) is 2.57. The van der Waals surface area contributed by atoms with Crippen LogP contribution in [-0.2, 0) is 39.8 Å². The van der Waals surface area contributed by atoms with Gasteiger partial charge in [0.15, 0.2) is 5.72 Å². The van der Waals surface area contributed by atoms with Gasteiger partial charge in [0.05, 0.1) is 25.3 Å². The summed E-state index contributed by atoms with van der Waals surface area (Å²) in [7, 11) is 9.34. The Morgan fingerprint density at radius 3 is 2.67 bits per heavy atom. The number of ether oxygens (including phenoxy) is 5. The summed E-state index contributed by atoms with van der Waals surface area (Å²) in [6.45, 7) is 11.5. The first kappa shape index (κ1) is 49.0. The molecule has 0 radical (unpaired) electrons. The Balaban J connectivity index is 1.62. The predicted octanol–water partition coefficient (Wildman–Crippen LogP) is 7.16. The minimum Gasteiger partial charge on any atom is -0.495 e. The van der Waals surface area contributed by atoms with Gasteiger partial charge in [-0.1, -0.05) is 69.0 Å². The number of alkyl carbamates (subject to hydrolysis) is 1. The number of azide groups is 1. The number of benzene rings is 1. The van der Waals surface area contributed by atoms with Gasteiger partial charge in [0, 0.05) is 61.9 Å². The molecule has 0 spiro atoms. The zero-order valence-electron chi connectivity index (χ0n) is 36.1. The second-order valence-corrected chi connectivity index (χ2v) is 19.9. The Bertz CT molecular complexity index is 1860. The highest BCUT2D eigenvalue weighted by Crippen LogP contribution is 2.49. The van der Waals surface area contributed by atoms with Crippen LogP contribution >= 0.6 is 33.2 Å². The zero-order chi connectivity index (χ0) is 44.6. The number of amides is 3. The van der Waals surface area contributed by atoms with Crippen molar-refractivity contribution in [3.63, 3.8) is 0 Å². The van der Waals surface area contributed by atoms with Crippen LogP contribution < -0.4 is 15.0 Å². The number of hydrogen-bond acceptors (Lipinski definition) is 13. The summed E-state index contributed by atoms with van der Waals surface area (Å²) < 4.78 is 29.2. The normalized spacial score (nSPS) is 29.0. The van der Waals surface area contributed by atoms with Gasteiger partial charge >= 0.3 is 12.1 Å². The van der Waals surface area contributed by atoms with Gasteiger partial charge in [0.2, 0.25) is 11.8 Å². The molecule has 332 valence electrons. The Morgan fingerprint density at radius 2 is 2.00 bits per heavy atom. The molecule has 3 amide bonds. The molecule has 0 unspecified atom stereocenters. The highest BCUT2D eigenvalue weighted by atomic mass is 35.5. The minimum absolute atomic E-state index is 0.0625. The molecule has 2 saturated heterocycles. The maximum absolute atomic E-state index is 14.3. The molecule has 0 aromatic heterocycles. The molecule has 0 saturated carbocycles. The maximum Gasteiger partial charge on any atom is 0.409 e. The molecular weight excluding hydrogens is 836 g/mol. The van der Waals surface area contributed by atoms with E-state index in [0.717, 1.165) is 23.3 Å². The molecule has 3 heterocycles. The number of nitrogens with one attached hydrogen (secondary N) is 1. The Labute approximate surface area is 365 Å².